The van der Waals surface area contributed by atoms with Crippen molar-refractivity contribution in [3.8, 4) is 0 Å². The summed E-state index contributed by atoms with van der Waals surface area (Å²) in [4.78, 5) is 10.5. The maximum atomic E-state index is 10.5. The first-order valence-electron chi connectivity index (χ1n) is 2.78. The lowest BCUT2D eigenvalue weighted by molar-refractivity contribution is -0.120. The summed E-state index contributed by atoms with van der Waals surface area (Å²) in [6.45, 7) is 7.23. The largest absolute Gasteiger partial charge is 0.356 e. The molecule has 2 radical (unpaired) electrons. The normalized spacial score (nSPS) is 8.75. The van der Waals surface area contributed by atoms with Gasteiger partial charge >= 0.3 is 0 Å². The van der Waals surface area contributed by atoms with Gasteiger partial charge in [0.2, 0.25) is 5.91 Å². The molecule has 1 N–H and O–H groups in total. The molecule has 0 fully saturated rings. The molecule has 8 heavy (non-hydrogen) atoms. The van der Waals surface area contributed by atoms with E-state index in [-0.39, 0.29) is 12.5 Å². The van der Waals surface area contributed by atoms with E-state index in [0.717, 1.165) is 6.42 Å². The number of rotatable bonds is 3. The van der Waals surface area contributed by atoms with Gasteiger partial charge in [0.1, 0.15) is 0 Å². The second kappa shape index (κ2) is 4.62. The van der Waals surface area contributed by atoms with E-state index in [2.05, 4.69) is 5.32 Å². The highest BCUT2D eigenvalue weighted by atomic mass is 16.1. The lowest BCUT2D eigenvalue weighted by atomic mass is 10.3. The average molecular weight is 113 g/mol. The number of amides is 1. The Bertz CT molecular complexity index is 62.9. The van der Waals surface area contributed by atoms with Crippen molar-refractivity contribution < 1.29 is 4.79 Å². The van der Waals surface area contributed by atoms with Crippen LogP contribution < -0.4 is 5.32 Å². The third-order valence-corrected chi connectivity index (χ3v) is 0.776. The molecule has 0 aliphatic rings. The quantitative estimate of drug-likeness (QED) is 0.571. The van der Waals surface area contributed by atoms with Crippen LogP contribution in [0.3, 0.4) is 0 Å². The molecular weight excluding hydrogens is 102 g/mol. The first-order valence-corrected chi connectivity index (χ1v) is 2.78. The van der Waals surface area contributed by atoms with Gasteiger partial charge in [-0.1, -0.05) is 6.92 Å². The molecule has 0 rings (SSSR count). The standard InChI is InChI=1S/C6H11NO/c1-3-5-6(8)7-4-2/h2H,3-5H2,1H3,(H,7,8). The fourth-order valence-corrected chi connectivity index (χ4v) is 0.429. The molecule has 0 aromatic carbocycles. The topological polar surface area (TPSA) is 29.1 Å². The van der Waals surface area contributed by atoms with Crippen LogP contribution in [-0.4, -0.2) is 12.5 Å². The highest BCUT2D eigenvalue weighted by Crippen LogP contribution is 1.83. The molecule has 0 saturated heterocycles. The zero-order valence-electron chi connectivity index (χ0n) is 5.11. The van der Waals surface area contributed by atoms with Gasteiger partial charge in [-0.2, -0.15) is 0 Å². The summed E-state index contributed by atoms with van der Waals surface area (Å²) in [5.41, 5.74) is 0. The molecule has 0 heterocycles. The molecule has 0 aliphatic heterocycles. The molecule has 0 aliphatic carbocycles. The number of carbonyl (C=O) groups excluding carboxylic acids is 1. The van der Waals surface area contributed by atoms with Crippen LogP contribution in [0.4, 0.5) is 0 Å². The first kappa shape index (κ1) is 7.47. The van der Waals surface area contributed by atoms with Crippen LogP contribution in [0.25, 0.3) is 0 Å². The number of hydrogen-bond acceptors (Lipinski definition) is 1. The number of carbonyl (C=O) groups is 1. The van der Waals surface area contributed by atoms with Gasteiger partial charge in [-0.25, -0.2) is 0 Å². The van der Waals surface area contributed by atoms with Crippen LogP contribution >= 0.6 is 0 Å². The summed E-state index contributed by atoms with van der Waals surface area (Å²) in [6, 6.07) is 0. The summed E-state index contributed by atoms with van der Waals surface area (Å²) in [7, 11) is 0. The van der Waals surface area contributed by atoms with Gasteiger partial charge in [0.25, 0.3) is 0 Å². The molecule has 0 aromatic rings. The van der Waals surface area contributed by atoms with E-state index < -0.39 is 0 Å². The minimum absolute atomic E-state index is 0.0370. The molecule has 0 spiro atoms. The lowest BCUT2D eigenvalue weighted by Crippen LogP contribution is -2.21. The molecular formula is C6H11NO. The number of hydrogen-bond donors (Lipinski definition) is 1. The van der Waals surface area contributed by atoms with Crippen molar-refractivity contribution in [2.75, 3.05) is 6.54 Å². The minimum Gasteiger partial charge on any atom is -0.356 e. The minimum atomic E-state index is 0.0370. The van der Waals surface area contributed by atoms with Crippen molar-refractivity contribution in [2.24, 2.45) is 0 Å². The Kier molecular flexibility index (Phi) is 4.32. The van der Waals surface area contributed by atoms with Crippen LogP contribution in [0.5, 0.6) is 0 Å². The maximum Gasteiger partial charge on any atom is 0.219 e. The Morgan fingerprint density at radius 1 is 1.75 bits per heavy atom. The van der Waals surface area contributed by atoms with Gasteiger partial charge in [-0.15, -0.1) is 0 Å². The fourth-order valence-electron chi connectivity index (χ4n) is 0.429. The summed E-state index contributed by atoms with van der Waals surface area (Å²) >= 11 is 0. The zero-order chi connectivity index (χ0) is 6.41. The zero-order valence-corrected chi connectivity index (χ0v) is 5.11. The van der Waals surface area contributed by atoms with Crippen LogP contribution in [-0.2, 0) is 4.79 Å². The van der Waals surface area contributed by atoms with Crippen LogP contribution in [0, 0.1) is 6.92 Å². The second-order valence-corrected chi connectivity index (χ2v) is 1.55. The molecule has 2 nitrogen and oxygen atoms in total. The van der Waals surface area contributed by atoms with Crippen molar-refractivity contribution in [1.29, 1.82) is 0 Å². The third kappa shape index (κ3) is 3.65. The second-order valence-electron chi connectivity index (χ2n) is 1.55. The van der Waals surface area contributed by atoms with Crippen LogP contribution in [0.15, 0.2) is 0 Å². The fraction of sp³-hybridized carbons (Fsp3) is 0.667. The van der Waals surface area contributed by atoms with Gasteiger partial charge < -0.3 is 5.32 Å². The first-order chi connectivity index (χ1) is 3.81. The highest BCUT2D eigenvalue weighted by molar-refractivity contribution is 5.75. The molecule has 0 saturated carbocycles. The van der Waals surface area contributed by atoms with Crippen molar-refractivity contribution in [3.05, 3.63) is 6.92 Å². The van der Waals surface area contributed by atoms with E-state index in [9.17, 15) is 4.79 Å². The Morgan fingerprint density at radius 2 is 2.38 bits per heavy atom. The van der Waals surface area contributed by atoms with E-state index in [0.29, 0.717) is 6.42 Å². The molecule has 2 heteroatoms. The molecule has 0 aromatic heterocycles. The van der Waals surface area contributed by atoms with Gasteiger partial charge in [0.05, 0.1) is 0 Å². The summed E-state index contributed by atoms with van der Waals surface area (Å²) in [5, 5.41) is 2.49. The van der Waals surface area contributed by atoms with Crippen LogP contribution in [0.1, 0.15) is 19.8 Å². The van der Waals surface area contributed by atoms with Crippen molar-refractivity contribution in [1.82, 2.24) is 5.32 Å². The Labute approximate surface area is 50.3 Å². The molecule has 1 amide bonds. The van der Waals surface area contributed by atoms with Crippen LogP contribution in [0.2, 0.25) is 0 Å². The van der Waals surface area contributed by atoms with E-state index in [1.54, 1.807) is 0 Å². The average Bonchev–Trinajstić information content (AvgIpc) is 1.68. The van der Waals surface area contributed by atoms with E-state index >= 15 is 0 Å². The molecule has 0 unspecified atom stereocenters. The monoisotopic (exact) mass is 113 g/mol. The predicted octanol–water partition coefficient (Wildman–Crippen LogP) is 0.614. The summed E-state index contributed by atoms with van der Waals surface area (Å²) < 4.78 is 0. The SMILES string of the molecule is [CH]CNC(=O)CCC. The van der Waals surface area contributed by atoms with E-state index in [4.69, 9.17) is 6.92 Å². The summed E-state index contributed by atoms with van der Waals surface area (Å²) in [5.74, 6) is 0.0370. The van der Waals surface area contributed by atoms with Gasteiger partial charge in [0.15, 0.2) is 0 Å². The van der Waals surface area contributed by atoms with E-state index in [1.807, 2.05) is 6.92 Å². The van der Waals surface area contributed by atoms with E-state index in [1.165, 1.54) is 0 Å². The Hall–Kier alpha value is -0.530. The summed E-state index contributed by atoms with van der Waals surface area (Å²) in [6.07, 6.45) is 1.46. The van der Waals surface area contributed by atoms with Gasteiger partial charge in [-0.3, -0.25) is 4.79 Å². The van der Waals surface area contributed by atoms with Gasteiger partial charge in [-0.05, 0) is 13.3 Å². The number of nitrogens with one attached hydrogen (secondary N) is 1. The van der Waals surface area contributed by atoms with Crippen molar-refractivity contribution in [2.45, 2.75) is 19.8 Å². The Morgan fingerprint density at radius 3 is 2.75 bits per heavy atom. The predicted molar refractivity (Wildman–Crippen MR) is 32.2 cm³/mol. The highest BCUT2D eigenvalue weighted by Gasteiger charge is 1.92. The van der Waals surface area contributed by atoms with Crippen molar-refractivity contribution >= 4 is 5.91 Å². The molecule has 0 atom stereocenters. The lowest BCUT2D eigenvalue weighted by Gasteiger charge is -1.96. The maximum absolute atomic E-state index is 10.5. The van der Waals surface area contributed by atoms with Gasteiger partial charge in [0, 0.05) is 13.0 Å². The Balaban J connectivity index is 3.06. The smallest absolute Gasteiger partial charge is 0.219 e. The third-order valence-electron chi connectivity index (χ3n) is 0.776. The van der Waals surface area contributed by atoms with Crippen molar-refractivity contribution in [3.63, 3.8) is 0 Å². The molecule has 46 valence electrons. The molecule has 0 bridgehead atoms.